The number of anilines is 2. The summed E-state index contributed by atoms with van der Waals surface area (Å²) in [7, 11) is -3.72. The van der Waals surface area contributed by atoms with Gasteiger partial charge >= 0.3 is 0 Å². The number of carbonyl (C=O) groups excluding carboxylic acids is 1. The van der Waals surface area contributed by atoms with Crippen molar-refractivity contribution in [2.24, 2.45) is 0 Å². The molecule has 1 saturated heterocycles. The van der Waals surface area contributed by atoms with Crippen LogP contribution in [0.2, 0.25) is 5.02 Å². The molecule has 1 fully saturated rings. The zero-order valence-electron chi connectivity index (χ0n) is 13.8. The largest absolute Gasteiger partial charge is 0.312 e. The molecule has 1 aliphatic heterocycles. The Balaban J connectivity index is 1.89. The van der Waals surface area contributed by atoms with Crippen molar-refractivity contribution in [2.45, 2.75) is 31.1 Å². The lowest BCUT2D eigenvalue weighted by Crippen LogP contribution is -2.35. The highest BCUT2D eigenvalue weighted by Gasteiger charge is 2.22. The van der Waals surface area contributed by atoms with Crippen LogP contribution in [0.4, 0.5) is 11.4 Å². The number of hydrogen-bond acceptors (Lipinski definition) is 3. The minimum Gasteiger partial charge on any atom is -0.312 e. The molecular formula is C18H19ClN2O3S. The molecule has 0 unspecified atom stereocenters. The summed E-state index contributed by atoms with van der Waals surface area (Å²) in [4.78, 5) is 14.0. The number of amides is 1. The number of benzene rings is 2. The van der Waals surface area contributed by atoms with Crippen LogP contribution in [0, 0.1) is 6.92 Å². The molecule has 0 radical (unpaired) electrons. The van der Waals surface area contributed by atoms with E-state index in [-0.39, 0.29) is 10.8 Å². The number of piperidine rings is 1. The summed E-state index contributed by atoms with van der Waals surface area (Å²) in [6.45, 7) is 2.57. The van der Waals surface area contributed by atoms with E-state index in [1.54, 1.807) is 17.0 Å². The van der Waals surface area contributed by atoms with Crippen molar-refractivity contribution in [3.8, 4) is 0 Å². The van der Waals surface area contributed by atoms with Gasteiger partial charge in [-0.05, 0) is 61.7 Å². The van der Waals surface area contributed by atoms with E-state index >= 15 is 0 Å². The maximum atomic E-state index is 12.5. The number of nitrogens with zero attached hydrogens (tertiary/aromatic N) is 1. The Morgan fingerprint density at radius 3 is 2.48 bits per heavy atom. The molecule has 0 aromatic heterocycles. The van der Waals surface area contributed by atoms with Gasteiger partial charge in [0, 0.05) is 23.7 Å². The van der Waals surface area contributed by atoms with Gasteiger partial charge < -0.3 is 4.90 Å². The van der Waals surface area contributed by atoms with Crippen LogP contribution in [0.5, 0.6) is 0 Å². The van der Waals surface area contributed by atoms with Crippen LogP contribution in [-0.2, 0) is 14.8 Å². The Kier molecular flexibility index (Phi) is 5.01. The molecule has 1 amide bonds. The Morgan fingerprint density at radius 2 is 1.80 bits per heavy atom. The fourth-order valence-corrected chi connectivity index (χ4v) is 4.03. The summed E-state index contributed by atoms with van der Waals surface area (Å²) in [5.74, 6) is 0.0760. The molecule has 1 aliphatic rings. The Labute approximate surface area is 152 Å². The average Bonchev–Trinajstić information content (AvgIpc) is 2.57. The molecule has 7 heteroatoms. The quantitative estimate of drug-likeness (QED) is 0.875. The van der Waals surface area contributed by atoms with Crippen LogP contribution in [0.25, 0.3) is 0 Å². The molecule has 1 heterocycles. The molecule has 3 rings (SSSR count). The van der Waals surface area contributed by atoms with E-state index < -0.39 is 10.0 Å². The topological polar surface area (TPSA) is 66.5 Å². The van der Waals surface area contributed by atoms with Gasteiger partial charge in [0.25, 0.3) is 10.0 Å². The van der Waals surface area contributed by atoms with Crippen LogP contribution < -0.4 is 9.62 Å². The third kappa shape index (κ3) is 3.96. The van der Waals surface area contributed by atoms with Gasteiger partial charge in [-0.25, -0.2) is 8.42 Å². The van der Waals surface area contributed by atoms with E-state index in [0.29, 0.717) is 23.7 Å². The smallest absolute Gasteiger partial charge is 0.261 e. The second-order valence-electron chi connectivity index (χ2n) is 6.06. The van der Waals surface area contributed by atoms with E-state index in [4.69, 9.17) is 11.6 Å². The van der Waals surface area contributed by atoms with Crippen molar-refractivity contribution >= 4 is 38.9 Å². The van der Waals surface area contributed by atoms with Crippen molar-refractivity contribution < 1.29 is 13.2 Å². The summed E-state index contributed by atoms with van der Waals surface area (Å²) in [6.07, 6.45) is 2.38. The third-order valence-corrected chi connectivity index (χ3v) is 5.85. The molecule has 0 bridgehead atoms. The molecule has 5 nitrogen and oxygen atoms in total. The average molecular weight is 379 g/mol. The number of sulfonamides is 1. The highest BCUT2D eigenvalue weighted by Crippen LogP contribution is 2.29. The molecule has 1 N–H and O–H groups in total. The Bertz CT molecular complexity index is 895. The number of hydrogen-bond donors (Lipinski definition) is 1. The number of nitrogens with one attached hydrogen (secondary N) is 1. The van der Waals surface area contributed by atoms with Crippen LogP contribution in [0.15, 0.2) is 47.4 Å². The van der Waals surface area contributed by atoms with Gasteiger partial charge in [0.1, 0.15) is 0 Å². The molecule has 0 spiro atoms. The maximum Gasteiger partial charge on any atom is 0.261 e. The van der Waals surface area contributed by atoms with E-state index in [1.807, 2.05) is 13.0 Å². The second-order valence-corrected chi connectivity index (χ2v) is 8.18. The first kappa shape index (κ1) is 17.8. The van der Waals surface area contributed by atoms with Gasteiger partial charge in [-0.2, -0.15) is 0 Å². The number of rotatable bonds is 4. The van der Waals surface area contributed by atoms with Gasteiger partial charge in [0.05, 0.1) is 10.6 Å². The molecule has 25 heavy (non-hydrogen) atoms. The molecule has 0 aliphatic carbocycles. The first-order valence-electron chi connectivity index (χ1n) is 8.06. The summed E-state index contributed by atoms with van der Waals surface area (Å²) < 4.78 is 27.6. The van der Waals surface area contributed by atoms with E-state index in [0.717, 1.165) is 24.1 Å². The SMILES string of the molecule is Cc1ccc(NS(=O)(=O)c2ccc(Cl)cc2)cc1N1CCCCC1=O. The van der Waals surface area contributed by atoms with Gasteiger partial charge in [-0.15, -0.1) is 0 Å². The Hall–Kier alpha value is -2.05. The highest BCUT2D eigenvalue weighted by atomic mass is 35.5. The minimum atomic E-state index is -3.72. The molecular weight excluding hydrogens is 360 g/mol. The summed E-state index contributed by atoms with van der Waals surface area (Å²) in [5.41, 5.74) is 2.11. The van der Waals surface area contributed by atoms with Crippen molar-refractivity contribution in [1.29, 1.82) is 0 Å². The van der Waals surface area contributed by atoms with Crippen LogP contribution in [0.3, 0.4) is 0 Å². The Morgan fingerprint density at radius 1 is 1.08 bits per heavy atom. The summed E-state index contributed by atoms with van der Waals surface area (Å²) >= 11 is 5.81. The number of carbonyl (C=O) groups is 1. The van der Waals surface area contributed by atoms with Gasteiger partial charge in [-0.3, -0.25) is 9.52 Å². The zero-order valence-corrected chi connectivity index (χ0v) is 15.4. The molecule has 0 atom stereocenters. The monoisotopic (exact) mass is 378 g/mol. The van der Waals surface area contributed by atoms with E-state index in [2.05, 4.69) is 4.72 Å². The van der Waals surface area contributed by atoms with Gasteiger partial charge in [0.2, 0.25) is 5.91 Å². The number of halogens is 1. The van der Waals surface area contributed by atoms with E-state index in [9.17, 15) is 13.2 Å². The van der Waals surface area contributed by atoms with Crippen molar-refractivity contribution in [2.75, 3.05) is 16.2 Å². The lowest BCUT2D eigenvalue weighted by Gasteiger charge is -2.28. The number of aryl methyl sites for hydroxylation is 1. The van der Waals surface area contributed by atoms with Crippen molar-refractivity contribution in [3.63, 3.8) is 0 Å². The summed E-state index contributed by atoms with van der Waals surface area (Å²) in [5, 5.41) is 0.472. The van der Waals surface area contributed by atoms with Crippen molar-refractivity contribution in [3.05, 3.63) is 53.1 Å². The first-order chi connectivity index (χ1) is 11.9. The molecule has 0 saturated carbocycles. The lowest BCUT2D eigenvalue weighted by molar-refractivity contribution is -0.119. The normalized spacial score (nSPS) is 15.3. The van der Waals surface area contributed by atoms with Crippen LogP contribution in [-0.4, -0.2) is 20.9 Å². The van der Waals surface area contributed by atoms with Gasteiger partial charge in [0.15, 0.2) is 0 Å². The van der Waals surface area contributed by atoms with Crippen LogP contribution in [0.1, 0.15) is 24.8 Å². The first-order valence-corrected chi connectivity index (χ1v) is 9.92. The molecule has 2 aromatic rings. The predicted molar refractivity (Wildman–Crippen MR) is 99.6 cm³/mol. The van der Waals surface area contributed by atoms with Gasteiger partial charge in [-0.1, -0.05) is 17.7 Å². The summed E-state index contributed by atoms with van der Waals surface area (Å²) in [6, 6.07) is 11.2. The molecule has 132 valence electrons. The maximum absolute atomic E-state index is 12.5. The predicted octanol–water partition coefficient (Wildman–Crippen LogP) is 3.97. The lowest BCUT2D eigenvalue weighted by atomic mass is 10.1. The second kappa shape index (κ2) is 7.06. The van der Waals surface area contributed by atoms with Crippen LogP contribution >= 0.6 is 11.6 Å². The zero-order chi connectivity index (χ0) is 18.0. The highest BCUT2D eigenvalue weighted by molar-refractivity contribution is 7.92. The molecule has 2 aromatic carbocycles. The fraction of sp³-hybridized carbons (Fsp3) is 0.278. The third-order valence-electron chi connectivity index (χ3n) is 4.20. The standard InChI is InChI=1S/C18H19ClN2O3S/c1-13-5-8-15(12-17(13)21-11-3-2-4-18(21)22)20-25(23,24)16-9-6-14(19)7-10-16/h5-10,12,20H,2-4,11H2,1H3. The minimum absolute atomic E-state index is 0.0760. The van der Waals surface area contributed by atoms with Crippen molar-refractivity contribution in [1.82, 2.24) is 0 Å². The van der Waals surface area contributed by atoms with E-state index in [1.165, 1.54) is 24.3 Å². The fourth-order valence-electron chi connectivity index (χ4n) is 2.85.